The maximum absolute atomic E-state index is 10.2. The van der Waals surface area contributed by atoms with Gasteiger partial charge in [-0.3, -0.25) is 0 Å². The molecule has 0 N–H and O–H groups in total. The van der Waals surface area contributed by atoms with Crippen molar-refractivity contribution in [3.63, 3.8) is 0 Å². The summed E-state index contributed by atoms with van der Waals surface area (Å²) in [5.74, 6) is -4.52. The molecule has 0 saturated carbocycles. The average Bonchev–Trinajstić information content (AvgIpc) is 3.77. The van der Waals surface area contributed by atoms with Crippen molar-refractivity contribution in [1.82, 2.24) is 0 Å². The fourth-order valence-electron chi connectivity index (χ4n) is 13.2. The summed E-state index contributed by atoms with van der Waals surface area (Å²) in [4.78, 5) is 51.1. The minimum absolute atomic E-state index is 0. The molecule has 0 aliphatic heterocycles. The van der Waals surface area contributed by atoms with E-state index in [0.717, 1.165) is 64.2 Å². The molecule has 610 valence electrons. The van der Waals surface area contributed by atoms with E-state index in [1.807, 2.05) is 0 Å². The maximum atomic E-state index is 10.2. The van der Waals surface area contributed by atoms with Gasteiger partial charge in [0.2, 0.25) is 0 Å². The Kier molecular flexibility index (Phi) is 132. The second-order valence-corrected chi connectivity index (χ2v) is 30.4. The third-order valence-corrected chi connectivity index (χ3v) is 19.9. The van der Waals surface area contributed by atoms with E-state index in [2.05, 4.69) is 34.6 Å². The first-order valence-corrected chi connectivity index (χ1v) is 44.8. The molecule has 0 unspecified atom stereocenters. The number of thiol groups is 1. The molecule has 0 aliphatic carbocycles. The zero-order chi connectivity index (χ0) is 74.5. The van der Waals surface area contributed by atoms with E-state index in [9.17, 15) is 49.5 Å². The van der Waals surface area contributed by atoms with Gasteiger partial charge in [0.25, 0.3) is 0 Å². The number of hydrogen-bond acceptors (Lipinski definition) is 11. The number of hydrogen-bond donors (Lipinski definition) is 0. The number of unbranched alkanes of at least 4 members (excludes halogenated alkanes) is 70. The van der Waals surface area contributed by atoms with Crippen LogP contribution in [0.15, 0.2) is 0 Å². The van der Waals surface area contributed by atoms with Gasteiger partial charge in [-0.1, -0.05) is 484 Å². The van der Waals surface area contributed by atoms with Crippen molar-refractivity contribution in [3.8, 4) is 0 Å². The second-order valence-electron chi connectivity index (χ2n) is 30.4. The Labute approximate surface area is 687 Å². The Morgan fingerprint density at radius 3 is 0.262 bits per heavy atom. The quantitative estimate of drug-likeness (QED) is 0.0243. The number of aliphatic carboxylic acids is 5. The van der Waals surface area contributed by atoms with Crippen LogP contribution in [-0.2, 0) is 37.5 Å². The molecular formula is C90H176O10PbSSn. The fourth-order valence-corrected chi connectivity index (χ4v) is 13.2. The van der Waals surface area contributed by atoms with Crippen LogP contribution in [0.25, 0.3) is 0 Å². The van der Waals surface area contributed by atoms with Gasteiger partial charge in [-0.15, -0.1) is 0 Å². The molecule has 10 nitrogen and oxygen atoms in total. The van der Waals surface area contributed by atoms with Crippen molar-refractivity contribution >= 4 is 94.5 Å². The molecule has 0 aromatic rings. The van der Waals surface area contributed by atoms with Crippen molar-refractivity contribution in [2.24, 2.45) is 0 Å². The first-order valence-electron chi connectivity index (χ1n) is 44.8. The third kappa shape index (κ3) is 141. The molecule has 0 saturated heterocycles. The minimum atomic E-state index is -0.903. The molecule has 0 bridgehead atoms. The molecular weight excluding hydrogens is 1600 g/mol. The molecule has 0 aliphatic rings. The standard InChI is InChI=1S/5C18H36O2.Pb.H2S.Sn/c5*1-2-3-4-5-6-7-8-9-10-11-12-13-14-15-16-17-18(19)20;;;/h5*2-17H2,1H3,(H,19,20);;1H2;/q;;;;;+2;;+4/p-6. The van der Waals surface area contributed by atoms with E-state index in [-0.39, 0.29) is 96.8 Å². The molecule has 103 heavy (non-hydrogen) atoms. The predicted molar refractivity (Wildman–Crippen MR) is 443 cm³/mol. The molecule has 2 radical (unpaired) electrons. The molecule has 0 heterocycles. The van der Waals surface area contributed by atoms with E-state index >= 15 is 0 Å². The van der Waals surface area contributed by atoms with Crippen LogP contribution in [0.5, 0.6) is 0 Å². The summed E-state index contributed by atoms with van der Waals surface area (Å²) in [6, 6.07) is 0. The van der Waals surface area contributed by atoms with E-state index in [0.29, 0.717) is 0 Å². The van der Waals surface area contributed by atoms with Gasteiger partial charge in [0, 0.05) is 29.8 Å². The minimum Gasteiger partial charge on any atom is -0.813 e. The second kappa shape index (κ2) is 115. The summed E-state index contributed by atoms with van der Waals surface area (Å²) in [6.45, 7) is 11.3. The van der Waals surface area contributed by atoms with Gasteiger partial charge in [-0.25, -0.2) is 0 Å². The van der Waals surface area contributed by atoms with Crippen LogP contribution >= 0.6 is 0 Å². The van der Waals surface area contributed by atoms with E-state index in [1.54, 1.807) is 0 Å². The van der Waals surface area contributed by atoms with Crippen LogP contribution in [0.2, 0.25) is 0 Å². The zero-order valence-electron chi connectivity index (χ0n) is 69.6. The summed E-state index contributed by atoms with van der Waals surface area (Å²) in [5, 5.41) is 51.1. The molecule has 0 fully saturated rings. The van der Waals surface area contributed by atoms with Gasteiger partial charge in [0.15, 0.2) is 0 Å². The number of rotatable bonds is 80. The topological polar surface area (TPSA) is 201 Å². The molecule has 0 aromatic heterocycles. The van der Waals surface area contributed by atoms with Gasteiger partial charge < -0.3 is 63.0 Å². The van der Waals surface area contributed by atoms with Crippen LogP contribution in [0.1, 0.15) is 548 Å². The van der Waals surface area contributed by atoms with Gasteiger partial charge in [0.05, 0.1) is 0 Å². The van der Waals surface area contributed by atoms with Crippen molar-refractivity contribution in [2.45, 2.75) is 548 Å². The van der Waals surface area contributed by atoms with Gasteiger partial charge in [0.1, 0.15) is 0 Å². The molecule has 0 aromatic carbocycles. The van der Waals surface area contributed by atoms with E-state index in [4.69, 9.17) is 0 Å². The predicted octanol–water partition coefficient (Wildman–Crippen LogP) is 24.0. The van der Waals surface area contributed by atoms with Gasteiger partial charge in [-0.2, -0.15) is 0 Å². The molecule has 13 heteroatoms. The summed E-state index contributed by atoms with van der Waals surface area (Å²) in [6.07, 6.45) is 99.3. The van der Waals surface area contributed by atoms with Crippen molar-refractivity contribution < 1.29 is 49.5 Å². The fraction of sp³-hybridized carbons (Fsp3) is 0.944. The monoisotopic (exact) mass is 1780 g/mol. The number of carboxylic acids is 5. The van der Waals surface area contributed by atoms with Crippen LogP contribution in [0, 0.1) is 0 Å². The first-order chi connectivity index (χ1) is 48.9. The van der Waals surface area contributed by atoms with Gasteiger partial charge >= 0.3 is 51.2 Å². The number of carbonyl (C=O) groups excluding carboxylic acids is 5. The van der Waals surface area contributed by atoms with Crippen LogP contribution in [-0.4, -0.2) is 81.1 Å². The van der Waals surface area contributed by atoms with Crippen molar-refractivity contribution in [2.75, 3.05) is 0 Å². The Morgan fingerprint density at radius 1 is 0.146 bits per heavy atom. The Hall–Kier alpha value is -0.579. The Balaban J connectivity index is -0.000000181. The van der Waals surface area contributed by atoms with Crippen LogP contribution in [0.3, 0.4) is 0 Å². The van der Waals surface area contributed by atoms with E-state index in [1.165, 1.54) is 417 Å². The molecule has 0 spiro atoms. The number of carboxylic acid groups (broad SMARTS) is 5. The third-order valence-electron chi connectivity index (χ3n) is 19.9. The zero-order valence-corrected chi connectivity index (χ0v) is 77.2. The Bertz CT molecular complexity index is 1290. The summed E-state index contributed by atoms with van der Waals surface area (Å²) >= 11 is 0. The maximum Gasteiger partial charge on any atom is 4.00 e. The first kappa shape index (κ1) is 118. The largest absolute Gasteiger partial charge is 4.00 e. The molecule has 0 rings (SSSR count). The van der Waals surface area contributed by atoms with Crippen molar-refractivity contribution in [1.29, 1.82) is 0 Å². The SMILES string of the molecule is CCCCCCCCCCCCCCCCCC(=O)[O-].CCCCCCCCCCCCCCCCCC(=O)[O-].CCCCCCCCCCCCCCCCCC(=O)[O-].CCCCCCCCCCCCCCCCCC(=O)[O-].CCCCCCCCCCCCCCCCCC(=O)[O-].[Pb+2].[SH-].[Sn+4]. The van der Waals surface area contributed by atoms with Crippen LogP contribution in [0.4, 0.5) is 0 Å². The van der Waals surface area contributed by atoms with Crippen molar-refractivity contribution in [3.05, 3.63) is 0 Å². The summed E-state index contributed by atoms with van der Waals surface area (Å²) < 4.78 is 0. The normalized spacial score (nSPS) is 10.5. The van der Waals surface area contributed by atoms with Crippen LogP contribution < -0.4 is 25.5 Å². The molecule has 0 amide bonds. The van der Waals surface area contributed by atoms with Gasteiger partial charge in [-0.05, 0) is 64.2 Å². The summed E-state index contributed by atoms with van der Waals surface area (Å²) in [5.41, 5.74) is 0. The Morgan fingerprint density at radius 2 is 0.204 bits per heavy atom. The smallest absolute Gasteiger partial charge is 0.813 e. The van der Waals surface area contributed by atoms with E-state index < -0.39 is 29.8 Å². The number of carbonyl (C=O) groups is 5. The average molecular weight is 1780 g/mol. The summed E-state index contributed by atoms with van der Waals surface area (Å²) in [7, 11) is 0. The molecule has 0 atom stereocenters.